The summed E-state index contributed by atoms with van der Waals surface area (Å²) in [6, 6.07) is 0. The number of H-pyrrole nitrogens is 1. The molecule has 0 bridgehead atoms. The summed E-state index contributed by atoms with van der Waals surface area (Å²) in [6.07, 6.45) is 0. The molecule has 0 spiro atoms. The summed E-state index contributed by atoms with van der Waals surface area (Å²) in [4.78, 5) is 11.3. The van der Waals surface area contributed by atoms with Gasteiger partial charge in [-0.1, -0.05) is 41.5 Å². The number of carboxylic acids is 1. The predicted molar refractivity (Wildman–Crippen MR) is 62.9 cm³/mol. The first-order valence-electron chi connectivity index (χ1n) is 5.37. The van der Waals surface area contributed by atoms with Crippen molar-refractivity contribution in [2.75, 3.05) is 0 Å². The highest BCUT2D eigenvalue weighted by Crippen LogP contribution is 2.31. The average Bonchev–Trinajstić information content (AvgIpc) is 2.43. The molecule has 0 aliphatic carbocycles. The summed E-state index contributed by atoms with van der Waals surface area (Å²) >= 11 is 0. The van der Waals surface area contributed by atoms with Crippen LogP contribution in [-0.2, 0) is 10.8 Å². The molecule has 0 atom stereocenters. The maximum absolute atomic E-state index is 11.3. The molecular weight excluding hydrogens is 204 g/mol. The molecule has 0 amide bonds. The maximum atomic E-state index is 11.3. The molecule has 0 unspecified atom stereocenters. The monoisotopic (exact) mass is 224 g/mol. The van der Waals surface area contributed by atoms with Crippen LogP contribution in [0.2, 0.25) is 0 Å². The van der Waals surface area contributed by atoms with Crippen molar-refractivity contribution in [3.8, 4) is 0 Å². The highest BCUT2D eigenvalue weighted by Gasteiger charge is 2.32. The van der Waals surface area contributed by atoms with E-state index in [1.807, 2.05) is 41.5 Å². The molecule has 0 fully saturated rings. The number of carboxylic acid groups (broad SMARTS) is 1. The second-order valence-corrected chi connectivity index (χ2v) is 6.13. The summed E-state index contributed by atoms with van der Waals surface area (Å²) in [5, 5.41) is 16.3. The minimum atomic E-state index is -0.913. The highest BCUT2D eigenvalue weighted by atomic mass is 16.4. The molecule has 0 aromatic carbocycles. The first kappa shape index (κ1) is 12.7. The van der Waals surface area contributed by atoms with Crippen LogP contribution in [0, 0.1) is 0 Å². The lowest BCUT2D eigenvalue weighted by atomic mass is 9.83. The average molecular weight is 224 g/mol. The fourth-order valence-electron chi connectivity index (χ4n) is 1.64. The molecule has 4 nitrogen and oxygen atoms in total. The molecule has 2 N–H and O–H groups in total. The van der Waals surface area contributed by atoms with Crippen LogP contribution in [-0.4, -0.2) is 21.3 Å². The number of aromatic carboxylic acids is 1. The summed E-state index contributed by atoms with van der Waals surface area (Å²) < 4.78 is 0. The van der Waals surface area contributed by atoms with Gasteiger partial charge in [0.05, 0.1) is 11.4 Å². The first-order valence-corrected chi connectivity index (χ1v) is 5.37. The third-order valence-corrected chi connectivity index (χ3v) is 2.44. The Morgan fingerprint density at radius 2 is 1.62 bits per heavy atom. The van der Waals surface area contributed by atoms with E-state index in [1.54, 1.807) is 0 Å². The van der Waals surface area contributed by atoms with Crippen LogP contribution in [0.4, 0.5) is 0 Å². The molecule has 1 aromatic rings. The van der Waals surface area contributed by atoms with E-state index in [2.05, 4.69) is 10.2 Å². The van der Waals surface area contributed by atoms with Crippen LogP contribution in [0.15, 0.2) is 0 Å². The topological polar surface area (TPSA) is 66.0 Å². The van der Waals surface area contributed by atoms with E-state index in [9.17, 15) is 9.90 Å². The molecule has 16 heavy (non-hydrogen) atoms. The number of hydrogen-bond donors (Lipinski definition) is 2. The number of aromatic nitrogens is 2. The van der Waals surface area contributed by atoms with Crippen molar-refractivity contribution >= 4 is 5.97 Å². The van der Waals surface area contributed by atoms with Gasteiger partial charge in [0.2, 0.25) is 0 Å². The van der Waals surface area contributed by atoms with Gasteiger partial charge in [-0.2, -0.15) is 5.10 Å². The van der Waals surface area contributed by atoms with Crippen molar-refractivity contribution in [2.45, 2.75) is 52.4 Å². The second-order valence-electron chi connectivity index (χ2n) is 6.13. The van der Waals surface area contributed by atoms with Gasteiger partial charge in [0, 0.05) is 10.8 Å². The van der Waals surface area contributed by atoms with Gasteiger partial charge >= 0.3 is 5.97 Å². The summed E-state index contributed by atoms with van der Waals surface area (Å²) in [5.41, 5.74) is 1.10. The Bertz CT molecular complexity index is 374. The third-order valence-electron chi connectivity index (χ3n) is 2.44. The predicted octanol–water partition coefficient (Wildman–Crippen LogP) is 2.70. The highest BCUT2D eigenvalue weighted by molar-refractivity contribution is 5.91. The molecule has 0 saturated carbocycles. The van der Waals surface area contributed by atoms with E-state index in [1.165, 1.54) is 0 Å². The molecule has 1 heterocycles. The van der Waals surface area contributed by atoms with Gasteiger partial charge in [-0.25, -0.2) is 4.79 Å². The Labute approximate surface area is 96.1 Å². The molecular formula is C12H20N2O2. The van der Waals surface area contributed by atoms with Crippen LogP contribution in [0.5, 0.6) is 0 Å². The fourth-order valence-corrected chi connectivity index (χ4v) is 1.64. The molecule has 1 aromatic heterocycles. The summed E-state index contributed by atoms with van der Waals surface area (Å²) in [6.45, 7) is 11.8. The SMILES string of the molecule is CC(C)(C)c1n[nH]c(C(C)(C)C)c1C(=O)O. The number of rotatable bonds is 1. The smallest absolute Gasteiger partial charge is 0.339 e. The van der Waals surface area contributed by atoms with Crippen molar-refractivity contribution < 1.29 is 9.90 Å². The van der Waals surface area contributed by atoms with Gasteiger partial charge in [-0.05, 0) is 0 Å². The molecule has 0 aliphatic heterocycles. The zero-order valence-corrected chi connectivity index (χ0v) is 10.8. The van der Waals surface area contributed by atoms with E-state index in [0.29, 0.717) is 17.0 Å². The number of nitrogens with zero attached hydrogens (tertiary/aromatic N) is 1. The lowest BCUT2D eigenvalue weighted by Crippen LogP contribution is -2.20. The van der Waals surface area contributed by atoms with Crippen LogP contribution in [0.25, 0.3) is 0 Å². The second kappa shape index (κ2) is 3.61. The Morgan fingerprint density at radius 1 is 1.12 bits per heavy atom. The molecule has 4 heteroatoms. The van der Waals surface area contributed by atoms with Crippen molar-refractivity contribution in [3.05, 3.63) is 17.0 Å². The largest absolute Gasteiger partial charge is 0.478 e. The van der Waals surface area contributed by atoms with Crippen molar-refractivity contribution in [2.24, 2.45) is 0 Å². The van der Waals surface area contributed by atoms with Crippen molar-refractivity contribution in [1.29, 1.82) is 0 Å². The van der Waals surface area contributed by atoms with E-state index < -0.39 is 5.97 Å². The quantitative estimate of drug-likeness (QED) is 0.770. The number of carbonyl (C=O) groups is 1. The summed E-state index contributed by atoms with van der Waals surface area (Å²) in [7, 11) is 0. The normalized spacial score (nSPS) is 12.9. The van der Waals surface area contributed by atoms with Crippen molar-refractivity contribution in [1.82, 2.24) is 10.2 Å². The van der Waals surface area contributed by atoms with Gasteiger partial charge in [0.25, 0.3) is 0 Å². The lowest BCUT2D eigenvalue weighted by Gasteiger charge is -2.20. The van der Waals surface area contributed by atoms with Gasteiger partial charge in [0.1, 0.15) is 5.56 Å². The molecule has 0 aliphatic rings. The fraction of sp³-hybridized carbons (Fsp3) is 0.667. The minimum absolute atomic E-state index is 0.246. The molecule has 0 saturated heterocycles. The molecule has 1 rings (SSSR count). The van der Waals surface area contributed by atoms with Gasteiger partial charge < -0.3 is 5.11 Å². The number of aromatic amines is 1. The van der Waals surface area contributed by atoms with Gasteiger partial charge in [-0.15, -0.1) is 0 Å². The van der Waals surface area contributed by atoms with Gasteiger partial charge in [0.15, 0.2) is 0 Å². The zero-order valence-electron chi connectivity index (χ0n) is 10.8. The van der Waals surface area contributed by atoms with Gasteiger partial charge in [-0.3, -0.25) is 5.10 Å². The Morgan fingerprint density at radius 3 is 1.94 bits per heavy atom. The summed E-state index contributed by atoms with van der Waals surface area (Å²) in [5.74, 6) is -0.913. The number of hydrogen-bond acceptors (Lipinski definition) is 2. The van der Waals surface area contributed by atoms with E-state index >= 15 is 0 Å². The van der Waals surface area contributed by atoms with E-state index in [4.69, 9.17) is 0 Å². The first-order chi connectivity index (χ1) is 7.05. The van der Waals surface area contributed by atoms with Crippen LogP contribution in [0.1, 0.15) is 63.3 Å². The van der Waals surface area contributed by atoms with Crippen molar-refractivity contribution in [3.63, 3.8) is 0 Å². The molecule has 0 radical (unpaired) electrons. The third kappa shape index (κ3) is 2.26. The van der Waals surface area contributed by atoms with E-state index in [-0.39, 0.29) is 10.8 Å². The van der Waals surface area contributed by atoms with E-state index in [0.717, 1.165) is 0 Å². The lowest BCUT2D eigenvalue weighted by molar-refractivity contribution is 0.0691. The molecule has 90 valence electrons. The Kier molecular flexibility index (Phi) is 2.88. The number of nitrogens with one attached hydrogen (secondary N) is 1. The van der Waals surface area contributed by atoms with Crippen LogP contribution in [0.3, 0.4) is 0 Å². The zero-order chi connectivity index (χ0) is 12.7. The standard InChI is InChI=1S/C12H20N2O2/c1-11(2,3)8-7(10(15)16)9(14-13-8)12(4,5)6/h1-6H3,(H,13,14)(H,15,16). The Hall–Kier alpha value is -1.32. The van der Waals surface area contributed by atoms with Crippen LogP contribution >= 0.6 is 0 Å². The maximum Gasteiger partial charge on any atom is 0.339 e. The Balaban J connectivity index is 3.47. The minimum Gasteiger partial charge on any atom is -0.478 e. The van der Waals surface area contributed by atoms with Crippen LogP contribution < -0.4 is 0 Å².